The number of hydrogen-bond acceptors (Lipinski definition) is 5. The first-order valence-corrected chi connectivity index (χ1v) is 12.3. The van der Waals surface area contributed by atoms with Crippen LogP contribution in [-0.4, -0.2) is 39.2 Å². The molecule has 0 unspecified atom stereocenters. The number of sulfonamides is 1. The number of fused-ring (bicyclic) bond motifs is 3. The SMILES string of the molecule is CCCNC(=O)c1ccccc1NC(=O)c1ccc2c(c1)S(=O)(=O)N=C1CCCCCN12. The molecule has 0 saturated carbocycles. The lowest BCUT2D eigenvalue weighted by Gasteiger charge is -2.29. The second-order valence-corrected chi connectivity index (χ2v) is 9.46. The van der Waals surface area contributed by atoms with Crippen molar-refractivity contribution in [1.82, 2.24) is 5.32 Å². The molecule has 0 atom stereocenters. The van der Waals surface area contributed by atoms with E-state index in [-0.39, 0.29) is 16.4 Å². The molecule has 0 radical (unpaired) electrons. The Kier molecular flexibility index (Phi) is 6.27. The number of anilines is 2. The summed E-state index contributed by atoms with van der Waals surface area (Å²) in [7, 11) is -3.89. The van der Waals surface area contributed by atoms with Crippen LogP contribution in [0.2, 0.25) is 0 Å². The van der Waals surface area contributed by atoms with Gasteiger partial charge in [-0.15, -0.1) is 4.40 Å². The van der Waals surface area contributed by atoms with Gasteiger partial charge >= 0.3 is 0 Å². The first-order valence-electron chi connectivity index (χ1n) is 10.8. The average molecular weight is 455 g/mol. The van der Waals surface area contributed by atoms with Gasteiger partial charge in [0.1, 0.15) is 10.7 Å². The van der Waals surface area contributed by atoms with Crippen LogP contribution in [0.3, 0.4) is 0 Å². The van der Waals surface area contributed by atoms with Gasteiger partial charge in [-0.2, -0.15) is 8.42 Å². The van der Waals surface area contributed by atoms with Gasteiger partial charge in [-0.25, -0.2) is 0 Å². The summed E-state index contributed by atoms with van der Waals surface area (Å²) in [5.74, 6) is -0.206. The molecular formula is C23H26N4O4S. The molecular weight excluding hydrogens is 428 g/mol. The molecule has 0 aromatic heterocycles. The minimum Gasteiger partial charge on any atom is -0.352 e. The van der Waals surface area contributed by atoms with Gasteiger partial charge in [-0.05, 0) is 49.6 Å². The van der Waals surface area contributed by atoms with Gasteiger partial charge in [-0.1, -0.05) is 25.5 Å². The van der Waals surface area contributed by atoms with Crippen molar-refractivity contribution in [3.8, 4) is 0 Å². The third kappa shape index (κ3) is 4.38. The zero-order valence-electron chi connectivity index (χ0n) is 17.9. The Morgan fingerprint density at radius 2 is 1.88 bits per heavy atom. The van der Waals surface area contributed by atoms with Crippen molar-refractivity contribution >= 4 is 39.0 Å². The Morgan fingerprint density at radius 1 is 1.06 bits per heavy atom. The number of amides is 2. The van der Waals surface area contributed by atoms with E-state index in [1.54, 1.807) is 36.4 Å². The van der Waals surface area contributed by atoms with Crippen molar-refractivity contribution < 1.29 is 18.0 Å². The van der Waals surface area contributed by atoms with E-state index in [0.29, 0.717) is 42.3 Å². The lowest BCUT2D eigenvalue weighted by Crippen LogP contribution is -2.35. The molecule has 8 nitrogen and oxygen atoms in total. The maximum atomic E-state index is 13.0. The lowest BCUT2D eigenvalue weighted by atomic mass is 10.1. The fraction of sp³-hybridized carbons (Fsp3) is 0.348. The predicted octanol–water partition coefficient (Wildman–Crippen LogP) is 3.56. The highest BCUT2D eigenvalue weighted by atomic mass is 32.2. The molecule has 2 N–H and O–H groups in total. The van der Waals surface area contributed by atoms with Crippen LogP contribution in [0.1, 0.15) is 59.7 Å². The van der Waals surface area contributed by atoms with E-state index in [1.807, 2.05) is 11.8 Å². The first kappa shape index (κ1) is 22.0. The van der Waals surface area contributed by atoms with Crippen molar-refractivity contribution in [3.63, 3.8) is 0 Å². The number of carbonyl (C=O) groups excluding carboxylic acids is 2. The number of hydrogen-bond donors (Lipinski definition) is 2. The maximum Gasteiger partial charge on any atom is 0.286 e. The fourth-order valence-corrected chi connectivity index (χ4v) is 5.22. The highest BCUT2D eigenvalue weighted by Gasteiger charge is 2.32. The molecule has 0 aliphatic carbocycles. The van der Waals surface area contributed by atoms with Gasteiger partial charge in [0.2, 0.25) is 0 Å². The fourth-order valence-electron chi connectivity index (χ4n) is 3.94. The van der Waals surface area contributed by atoms with E-state index in [1.165, 1.54) is 6.07 Å². The zero-order chi connectivity index (χ0) is 22.7. The molecule has 2 amide bonds. The minimum atomic E-state index is -3.89. The molecule has 1 fully saturated rings. The van der Waals surface area contributed by atoms with Crippen LogP contribution in [-0.2, 0) is 10.0 Å². The Morgan fingerprint density at radius 3 is 2.69 bits per heavy atom. The number of rotatable bonds is 5. The van der Waals surface area contributed by atoms with Gasteiger partial charge in [0, 0.05) is 25.1 Å². The Labute approximate surface area is 187 Å². The molecule has 9 heteroatoms. The number of nitrogens with one attached hydrogen (secondary N) is 2. The van der Waals surface area contributed by atoms with Crippen molar-refractivity contribution in [2.45, 2.75) is 43.9 Å². The third-order valence-corrected chi connectivity index (χ3v) is 6.90. The summed E-state index contributed by atoms with van der Waals surface area (Å²) in [5, 5.41) is 5.54. The van der Waals surface area contributed by atoms with Crippen LogP contribution in [0.4, 0.5) is 11.4 Å². The first-order chi connectivity index (χ1) is 15.4. The molecule has 2 heterocycles. The number of para-hydroxylation sites is 1. The van der Waals surface area contributed by atoms with Crippen LogP contribution in [0, 0.1) is 0 Å². The summed E-state index contributed by atoms with van der Waals surface area (Å²) < 4.78 is 29.7. The summed E-state index contributed by atoms with van der Waals surface area (Å²) in [6.45, 7) is 3.19. The molecule has 4 rings (SSSR count). The summed E-state index contributed by atoms with van der Waals surface area (Å²) in [5.41, 5.74) is 1.45. The molecule has 32 heavy (non-hydrogen) atoms. The molecule has 168 valence electrons. The van der Waals surface area contributed by atoms with Gasteiger partial charge in [0.15, 0.2) is 0 Å². The quantitative estimate of drug-likeness (QED) is 0.718. The number of amidine groups is 1. The van der Waals surface area contributed by atoms with Gasteiger partial charge in [-0.3, -0.25) is 9.59 Å². The van der Waals surface area contributed by atoms with Crippen molar-refractivity contribution in [3.05, 3.63) is 53.6 Å². The lowest BCUT2D eigenvalue weighted by molar-refractivity contribution is 0.0954. The van der Waals surface area contributed by atoms with E-state index in [0.717, 1.165) is 25.7 Å². The highest BCUT2D eigenvalue weighted by Crippen LogP contribution is 2.35. The van der Waals surface area contributed by atoms with Crippen LogP contribution in [0.25, 0.3) is 0 Å². The molecule has 2 aromatic rings. The van der Waals surface area contributed by atoms with Crippen LogP contribution >= 0.6 is 0 Å². The van der Waals surface area contributed by atoms with E-state index in [2.05, 4.69) is 15.0 Å². The zero-order valence-corrected chi connectivity index (χ0v) is 18.7. The van der Waals surface area contributed by atoms with Crippen LogP contribution in [0.15, 0.2) is 51.8 Å². The summed E-state index contributed by atoms with van der Waals surface area (Å²) in [4.78, 5) is 27.3. The summed E-state index contributed by atoms with van der Waals surface area (Å²) >= 11 is 0. The molecule has 2 aliphatic rings. The Bertz CT molecular complexity index is 1190. The Hall–Kier alpha value is -3.20. The summed E-state index contributed by atoms with van der Waals surface area (Å²) in [6.07, 6.45) is 4.31. The standard InChI is InChI=1S/C23H26N4O4S/c1-2-13-24-23(29)17-8-5-6-9-18(17)25-22(28)16-11-12-19-20(15-16)32(30,31)26-21-10-4-3-7-14-27(19)21/h5-6,8-9,11-12,15H,2-4,7,10,13-14H2,1H3,(H,24,29)(H,25,28). The average Bonchev–Trinajstić information content (AvgIpc) is 3.02. The van der Waals surface area contributed by atoms with Crippen molar-refractivity contribution in [2.24, 2.45) is 4.40 Å². The predicted molar refractivity (Wildman–Crippen MR) is 124 cm³/mol. The topological polar surface area (TPSA) is 108 Å². The van der Waals surface area contributed by atoms with Gasteiger partial charge in [0.25, 0.3) is 21.8 Å². The molecule has 0 spiro atoms. The van der Waals surface area contributed by atoms with Crippen LogP contribution < -0.4 is 15.5 Å². The second-order valence-electron chi connectivity index (χ2n) is 7.88. The number of carbonyl (C=O) groups is 2. The Balaban J connectivity index is 1.63. The van der Waals surface area contributed by atoms with Crippen molar-refractivity contribution in [1.29, 1.82) is 0 Å². The van der Waals surface area contributed by atoms with E-state index in [9.17, 15) is 18.0 Å². The third-order valence-electron chi connectivity index (χ3n) is 5.57. The number of benzene rings is 2. The molecule has 2 aliphatic heterocycles. The normalized spacial score (nSPS) is 16.8. The van der Waals surface area contributed by atoms with E-state index < -0.39 is 15.9 Å². The van der Waals surface area contributed by atoms with E-state index >= 15 is 0 Å². The molecule has 1 saturated heterocycles. The smallest absolute Gasteiger partial charge is 0.286 e. The second kappa shape index (κ2) is 9.12. The monoisotopic (exact) mass is 454 g/mol. The van der Waals surface area contributed by atoms with Gasteiger partial charge in [0.05, 0.1) is 16.9 Å². The summed E-state index contributed by atoms with van der Waals surface area (Å²) in [6, 6.07) is 11.4. The molecule has 0 bridgehead atoms. The van der Waals surface area contributed by atoms with Crippen LogP contribution in [0.5, 0.6) is 0 Å². The minimum absolute atomic E-state index is 0.0322. The van der Waals surface area contributed by atoms with Gasteiger partial charge < -0.3 is 15.5 Å². The van der Waals surface area contributed by atoms with Crippen molar-refractivity contribution in [2.75, 3.05) is 23.3 Å². The largest absolute Gasteiger partial charge is 0.352 e. The number of nitrogens with zero attached hydrogens (tertiary/aromatic N) is 2. The maximum absolute atomic E-state index is 13.0. The molecule has 2 aromatic carbocycles. The van der Waals surface area contributed by atoms with E-state index in [4.69, 9.17) is 0 Å². The highest BCUT2D eigenvalue weighted by molar-refractivity contribution is 7.90.